The molecule has 0 radical (unpaired) electrons. The molecule has 0 aliphatic carbocycles. The SMILES string of the molecule is COc1ccc(CCOC(=O)C(C)OCC2CCCO2)cc1. The van der Waals surface area contributed by atoms with E-state index < -0.39 is 6.10 Å². The van der Waals surface area contributed by atoms with Gasteiger partial charge in [-0.15, -0.1) is 0 Å². The van der Waals surface area contributed by atoms with E-state index >= 15 is 0 Å². The Morgan fingerprint density at radius 2 is 2.14 bits per heavy atom. The molecule has 1 aliphatic rings. The zero-order valence-electron chi connectivity index (χ0n) is 13.2. The molecule has 1 aromatic carbocycles. The lowest BCUT2D eigenvalue weighted by atomic mass is 10.1. The minimum absolute atomic E-state index is 0.120. The zero-order chi connectivity index (χ0) is 15.8. The summed E-state index contributed by atoms with van der Waals surface area (Å²) in [6.45, 7) is 3.30. The van der Waals surface area contributed by atoms with Crippen molar-refractivity contribution in [3.63, 3.8) is 0 Å². The van der Waals surface area contributed by atoms with Crippen LogP contribution >= 0.6 is 0 Å². The van der Waals surface area contributed by atoms with E-state index in [0.29, 0.717) is 19.6 Å². The minimum atomic E-state index is -0.555. The van der Waals surface area contributed by atoms with Crippen LogP contribution in [-0.2, 0) is 25.4 Å². The number of methoxy groups -OCH3 is 1. The van der Waals surface area contributed by atoms with Gasteiger partial charge in [-0.3, -0.25) is 0 Å². The van der Waals surface area contributed by atoms with Gasteiger partial charge >= 0.3 is 5.97 Å². The lowest BCUT2D eigenvalue weighted by Gasteiger charge is -2.15. The second kappa shape index (κ2) is 8.76. The van der Waals surface area contributed by atoms with Crippen LogP contribution in [0.1, 0.15) is 25.3 Å². The van der Waals surface area contributed by atoms with Crippen LogP contribution in [0.3, 0.4) is 0 Å². The molecule has 1 aliphatic heterocycles. The molecule has 2 atom stereocenters. The monoisotopic (exact) mass is 308 g/mol. The lowest BCUT2D eigenvalue weighted by molar-refractivity contribution is -0.157. The number of hydrogen-bond acceptors (Lipinski definition) is 5. The maximum absolute atomic E-state index is 11.8. The number of esters is 1. The highest BCUT2D eigenvalue weighted by Crippen LogP contribution is 2.13. The third kappa shape index (κ3) is 5.31. The largest absolute Gasteiger partial charge is 0.497 e. The quantitative estimate of drug-likeness (QED) is 0.690. The molecule has 0 saturated carbocycles. The lowest BCUT2D eigenvalue weighted by Crippen LogP contribution is -2.27. The number of benzene rings is 1. The van der Waals surface area contributed by atoms with Crippen LogP contribution < -0.4 is 4.74 Å². The number of hydrogen-bond donors (Lipinski definition) is 0. The Morgan fingerprint density at radius 3 is 2.77 bits per heavy atom. The van der Waals surface area contributed by atoms with Crippen molar-refractivity contribution in [2.24, 2.45) is 0 Å². The first-order valence-electron chi connectivity index (χ1n) is 7.72. The maximum Gasteiger partial charge on any atom is 0.334 e. The van der Waals surface area contributed by atoms with Gasteiger partial charge in [0, 0.05) is 13.0 Å². The van der Waals surface area contributed by atoms with Crippen molar-refractivity contribution in [2.45, 2.75) is 38.4 Å². The van der Waals surface area contributed by atoms with Gasteiger partial charge in [0.15, 0.2) is 6.10 Å². The smallest absolute Gasteiger partial charge is 0.334 e. The molecule has 2 rings (SSSR count). The van der Waals surface area contributed by atoms with Crippen molar-refractivity contribution < 1.29 is 23.7 Å². The molecule has 122 valence electrons. The van der Waals surface area contributed by atoms with Crippen molar-refractivity contribution in [2.75, 3.05) is 26.9 Å². The topological polar surface area (TPSA) is 54.0 Å². The van der Waals surface area contributed by atoms with Crippen LogP contribution in [0.25, 0.3) is 0 Å². The van der Waals surface area contributed by atoms with Crippen LogP contribution in [0.2, 0.25) is 0 Å². The number of carbonyl (C=O) groups is 1. The fourth-order valence-corrected chi connectivity index (χ4v) is 2.27. The number of rotatable bonds is 8. The normalized spacial score (nSPS) is 18.9. The summed E-state index contributed by atoms with van der Waals surface area (Å²) < 4.78 is 21.3. The number of carbonyl (C=O) groups excluding carboxylic acids is 1. The fraction of sp³-hybridized carbons (Fsp3) is 0.588. The average Bonchev–Trinajstić information content (AvgIpc) is 3.06. The zero-order valence-corrected chi connectivity index (χ0v) is 13.2. The van der Waals surface area contributed by atoms with Gasteiger partial charge in [-0.2, -0.15) is 0 Å². The molecule has 0 spiro atoms. The molecule has 5 nitrogen and oxygen atoms in total. The molecule has 1 saturated heterocycles. The molecular weight excluding hydrogens is 284 g/mol. The summed E-state index contributed by atoms with van der Waals surface area (Å²) in [6, 6.07) is 7.71. The van der Waals surface area contributed by atoms with Crippen LogP contribution in [-0.4, -0.2) is 45.1 Å². The second-order valence-corrected chi connectivity index (χ2v) is 5.38. The van der Waals surface area contributed by atoms with Gasteiger partial charge < -0.3 is 18.9 Å². The van der Waals surface area contributed by atoms with Gasteiger partial charge in [0.1, 0.15) is 5.75 Å². The van der Waals surface area contributed by atoms with Crippen LogP contribution in [0.4, 0.5) is 0 Å². The first-order valence-corrected chi connectivity index (χ1v) is 7.72. The summed E-state index contributed by atoms with van der Waals surface area (Å²) in [5.74, 6) is 0.489. The summed E-state index contributed by atoms with van der Waals surface area (Å²) in [7, 11) is 1.63. The molecule has 0 N–H and O–H groups in total. The Kier molecular flexibility index (Phi) is 6.68. The van der Waals surface area contributed by atoms with Crippen molar-refractivity contribution in [3.8, 4) is 5.75 Å². The molecule has 0 bridgehead atoms. The fourth-order valence-electron chi connectivity index (χ4n) is 2.27. The Balaban J connectivity index is 1.63. The van der Waals surface area contributed by atoms with Crippen molar-refractivity contribution >= 4 is 5.97 Å². The highest BCUT2D eigenvalue weighted by atomic mass is 16.6. The predicted octanol–water partition coefficient (Wildman–Crippen LogP) is 2.37. The predicted molar refractivity (Wildman–Crippen MR) is 82.0 cm³/mol. The Bertz CT molecular complexity index is 451. The Labute approximate surface area is 131 Å². The first-order chi connectivity index (χ1) is 10.7. The standard InChI is InChI=1S/C17H24O5/c1-13(22-12-16-4-3-10-20-16)17(18)21-11-9-14-5-7-15(19-2)8-6-14/h5-8,13,16H,3-4,9-12H2,1-2H3. The molecule has 22 heavy (non-hydrogen) atoms. The van der Waals surface area contributed by atoms with Crippen molar-refractivity contribution in [3.05, 3.63) is 29.8 Å². The molecule has 1 fully saturated rings. The van der Waals surface area contributed by atoms with E-state index in [0.717, 1.165) is 30.8 Å². The molecule has 0 amide bonds. The molecule has 5 heteroatoms. The molecule has 1 heterocycles. The van der Waals surface area contributed by atoms with E-state index in [1.165, 1.54) is 0 Å². The second-order valence-electron chi connectivity index (χ2n) is 5.38. The Hall–Kier alpha value is -1.59. The van der Waals surface area contributed by atoms with Gasteiger partial charge in [0.05, 0.1) is 26.4 Å². The minimum Gasteiger partial charge on any atom is -0.497 e. The summed E-state index contributed by atoms with van der Waals surface area (Å²) >= 11 is 0. The molecule has 1 aromatic rings. The van der Waals surface area contributed by atoms with Gasteiger partial charge in [-0.05, 0) is 37.5 Å². The average molecular weight is 308 g/mol. The molecule has 2 unspecified atom stereocenters. The van der Waals surface area contributed by atoms with Crippen LogP contribution in [0.5, 0.6) is 5.75 Å². The van der Waals surface area contributed by atoms with E-state index in [2.05, 4.69) is 0 Å². The first kappa shape index (κ1) is 16.8. The summed E-state index contributed by atoms with van der Waals surface area (Å²) in [6.07, 6.45) is 2.30. The van der Waals surface area contributed by atoms with Gasteiger partial charge in [-0.1, -0.05) is 12.1 Å². The Morgan fingerprint density at radius 1 is 1.36 bits per heavy atom. The molecular formula is C17H24O5. The van der Waals surface area contributed by atoms with E-state index in [9.17, 15) is 4.79 Å². The van der Waals surface area contributed by atoms with Gasteiger partial charge in [0.2, 0.25) is 0 Å². The third-order valence-corrected chi connectivity index (χ3v) is 3.68. The molecule has 0 aromatic heterocycles. The van der Waals surface area contributed by atoms with E-state index in [1.807, 2.05) is 24.3 Å². The van der Waals surface area contributed by atoms with Crippen LogP contribution in [0.15, 0.2) is 24.3 Å². The summed E-state index contributed by atoms with van der Waals surface area (Å²) in [4.78, 5) is 11.8. The highest BCUT2D eigenvalue weighted by Gasteiger charge is 2.20. The third-order valence-electron chi connectivity index (χ3n) is 3.68. The summed E-state index contributed by atoms with van der Waals surface area (Å²) in [5, 5.41) is 0. The van der Waals surface area contributed by atoms with E-state index in [-0.39, 0.29) is 12.1 Å². The van der Waals surface area contributed by atoms with Crippen molar-refractivity contribution in [1.29, 1.82) is 0 Å². The van der Waals surface area contributed by atoms with E-state index in [1.54, 1.807) is 14.0 Å². The van der Waals surface area contributed by atoms with Crippen LogP contribution in [0, 0.1) is 0 Å². The highest BCUT2D eigenvalue weighted by molar-refractivity contribution is 5.74. The maximum atomic E-state index is 11.8. The van der Waals surface area contributed by atoms with Gasteiger partial charge in [0.25, 0.3) is 0 Å². The summed E-state index contributed by atoms with van der Waals surface area (Å²) in [5.41, 5.74) is 1.10. The number of ether oxygens (including phenoxy) is 4. The van der Waals surface area contributed by atoms with Crippen molar-refractivity contribution in [1.82, 2.24) is 0 Å². The van der Waals surface area contributed by atoms with E-state index in [4.69, 9.17) is 18.9 Å². The van der Waals surface area contributed by atoms with Gasteiger partial charge in [-0.25, -0.2) is 4.79 Å².